The van der Waals surface area contributed by atoms with Gasteiger partial charge in [-0.05, 0) is 61.9 Å². The zero-order valence-electron chi connectivity index (χ0n) is 21.3. The molecule has 2 heterocycles. The second kappa shape index (κ2) is 10.0. The molecule has 3 fully saturated rings. The fourth-order valence-corrected chi connectivity index (χ4v) is 6.87. The van der Waals surface area contributed by atoms with Gasteiger partial charge in [0.05, 0.1) is 16.8 Å². The van der Waals surface area contributed by atoms with Crippen molar-refractivity contribution in [1.82, 2.24) is 9.80 Å². The van der Waals surface area contributed by atoms with Crippen LogP contribution in [-0.2, 0) is 10.2 Å². The molecule has 3 aliphatic rings. The van der Waals surface area contributed by atoms with Crippen molar-refractivity contribution in [3.63, 3.8) is 0 Å². The topological polar surface area (TPSA) is 43.9 Å². The van der Waals surface area contributed by atoms with Crippen molar-refractivity contribution in [2.45, 2.75) is 62.4 Å². The molecule has 37 heavy (non-hydrogen) atoms. The third-order valence-electron chi connectivity index (χ3n) is 8.64. The van der Waals surface area contributed by atoms with Gasteiger partial charge in [-0.2, -0.15) is 0 Å². The number of carbonyl (C=O) groups is 2. The molecule has 5 heteroatoms. The van der Waals surface area contributed by atoms with Gasteiger partial charge in [-0.25, -0.2) is 4.79 Å². The minimum Gasteiger partial charge on any atom is -0.332 e. The van der Waals surface area contributed by atoms with E-state index in [4.69, 9.17) is 0 Å². The molecule has 3 aromatic carbocycles. The van der Waals surface area contributed by atoms with Crippen LogP contribution in [0, 0.1) is 0 Å². The van der Waals surface area contributed by atoms with Crippen LogP contribution < -0.4 is 4.90 Å². The number of likely N-dealkylation sites (tertiary alicyclic amines) is 1. The normalized spacial score (nSPS) is 22.5. The smallest absolute Gasteiger partial charge is 0.329 e. The lowest BCUT2D eigenvalue weighted by Crippen LogP contribution is -2.67. The first-order valence-corrected chi connectivity index (χ1v) is 13.7. The van der Waals surface area contributed by atoms with Crippen molar-refractivity contribution in [2.24, 2.45) is 0 Å². The third kappa shape index (κ3) is 4.30. The lowest BCUT2D eigenvalue weighted by atomic mass is 9.75. The Labute approximate surface area is 219 Å². The average Bonchev–Trinajstić information content (AvgIpc) is 3.45. The highest BCUT2D eigenvalue weighted by Gasteiger charge is 2.51. The number of rotatable bonds is 4. The lowest BCUT2D eigenvalue weighted by molar-refractivity contribution is -0.148. The van der Waals surface area contributed by atoms with Crippen LogP contribution in [0.15, 0.2) is 91.0 Å². The van der Waals surface area contributed by atoms with Crippen molar-refractivity contribution in [2.75, 3.05) is 18.0 Å². The second-order valence-electron chi connectivity index (χ2n) is 10.8. The summed E-state index contributed by atoms with van der Waals surface area (Å²) in [5.41, 5.74) is 2.46. The van der Waals surface area contributed by atoms with Crippen LogP contribution in [0.2, 0.25) is 0 Å². The number of carbonyl (C=O) groups excluding carboxylic acids is 2. The summed E-state index contributed by atoms with van der Waals surface area (Å²) in [6.45, 7) is 1.17. The predicted molar refractivity (Wildman–Crippen MR) is 147 cm³/mol. The van der Waals surface area contributed by atoms with E-state index in [1.807, 2.05) is 76.5 Å². The van der Waals surface area contributed by atoms with E-state index in [2.05, 4.69) is 29.2 Å². The molecule has 2 saturated heterocycles. The van der Waals surface area contributed by atoms with E-state index in [9.17, 15) is 9.59 Å². The van der Waals surface area contributed by atoms with Crippen molar-refractivity contribution in [3.8, 4) is 0 Å². The summed E-state index contributed by atoms with van der Waals surface area (Å²) >= 11 is 0. The van der Waals surface area contributed by atoms with Crippen molar-refractivity contribution < 1.29 is 9.59 Å². The zero-order chi connectivity index (χ0) is 25.2. The molecule has 0 N–H and O–H groups in total. The quantitative estimate of drug-likeness (QED) is 0.415. The molecule has 1 saturated carbocycles. The molecule has 1 aliphatic carbocycles. The molecule has 2 bridgehead atoms. The highest BCUT2D eigenvalue weighted by Crippen LogP contribution is 2.45. The van der Waals surface area contributed by atoms with Crippen LogP contribution in [0.5, 0.6) is 0 Å². The van der Waals surface area contributed by atoms with E-state index in [0.717, 1.165) is 61.9 Å². The van der Waals surface area contributed by atoms with E-state index in [1.54, 1.807) is 0 Å². The molecule has 0 aromatic heterocycles. The zero-order valence-corrected chi connectivity index (χ0v) is 21.3. The predicted octanol–water partition coefficient (Wildman–Crippen LogP) is 6.52. The van der Waals surface area contributed by atoms with Gasteiger partial charge in [-0.3, -0.25) is 9.69 Å². The highest BCUT2D eigenvalue weighted by atomic mass is 16.2. The molecule has 6 rings (SSSR count). The Hall–Kier alpha value is -3.60. The maximum Gasteiger partial charge on any atom is 0.329 e. The molecule has 0 unspecified atom stereocenters. The summed E-state index contributed by atoms with van der Waals surface area (Å²) in [4.78, 5) is 34.5. The number of urea groups is 1. The van der Waals surface area contributed by atoms with Gasteiger partial charge in [0.2, 0.25) is 5.91 Å². The maximum absolute atomic E-state index is 14.4. The summed E-state index contributed by atoms with van der Waals surface area (Å²) in [6.07, 6.45) is 7.05. The number of anilines is 2. The van der Waals surface area contributed by atoms with Gasteiger partial charge in [0.25, 0.3) is 0 Å². The van der Waals surface area contributed by atoms with Gasteiger partial charge >= 0.3 is 6.03 Å². The van der Waals surface area contributed by atoms with Crippen molar-refractivity contribution in [1.29, 1.82) is 0 Å². The Balaban J connectivity index is 1.29. The largest absolute Gasteiger partial charge is 0.332 e. The molecule has 2 aliphatic heterocycles. The molecule has 0 radical (unpaired) electrons. The highest BCUT2D eigenvalue weighted by molar-refractivity contribution is 5.99. The summed E-state index contributed by atoms with van der Waals surface area (Å²) < 4.78 is 0. The van der Waals surface area contributed by atoms with E-state index in [-0.39, 0.29) is 18.1 Å². The number of para-hydroxylation sites is 2. The summed E-state index contributed by atoms with van der Waals surface area (Å²) in [5.74, 6) is 0.293. The second-order valence-corrected chi connectivity index (χ2v) is 10.8. The van der Waals surface area contributed by atoms with E-state index in [1.165, 1.54) is 0 Å². The van der Waals surface area contributed by atoms with E-state index < -0.39 is 5.41 Å². The Bertz CT molecular complexity index is 1170. The standard InChI is InChI=1S/C32H35N3O2/c36-30(32(21-10-11-22-32)25-13-4-1-5-14-25)34-28-19-12-20-29(34)24-33(23-28)31(37)35(26-15-6-2-7-16-26)27-17-8-3-9-18-27/h1-9,13-18,28-29H,10-12,19-24H2/t28-,29+. The maximum atomic E-state index is 14.4. The van der Waals surface area contributed by atoms with Gasteiger partial charge < -0.3 is 9.80 Å². The molecule has 3 aromatic rings. The van der Waals surface area contributed by atoms with Gasteiger partial charge in [-0.1, -0.05) is 79.6 Å². The van der Waals surface area contributed by atoms with Gasteiger partial charge in [-0.15, -0.1) is 0 Å². The fourth-order valence-electron chi connectivity index (χ4n) is 6.87. The first-order chi connectivity index (χ1) is 18.2. The number of hydrogen-bond acceptors (Lipinski definition) is 2. The number of benzene rings is 3. The van der Waals surface area contributed by atoms with Gasteiger partial charge in [0.1, 0.15) is 0 Å². The fraction of sp³-hybridized carbons (Fsp3) is 0.375. The molecule has 0 spiro atoms. The Morgan fingerprint density at radius 3 is 1.68 bits per heavy atom. The molecule has 2 atom stereocenters. The molecular formula is C32H35N3O2. The molecular weight excluding hydrogens is 458 g/mol. The van der Waals surface area contributed by atoms with E-state index in [0.29, 0.717) is 19.0 Å². The van der Waals surface area contributed by atoms with Gasteiger partial charge in [0, 0.05) is 25.2 Å². The van der Waals surface area contributed by atoms with Crippen LogP contribution in [0.1, 0.15) is 50.5 Å². The summed E-state index contributed by atoms with van der Waals surface area (Å²) in [6, 6.07) is 30.3. The van der Waals surface area contributed by atoms with Crippen LogP contribution in [0.4, 0.5) is 16.2 Å². The SMILES string of the molecule is O=C(N1C[C@H]2CCC[C@@H](C1)N2C(=O)C1(c2ccccc2)CCCC1)N(c1ccccc1)c1ccccc1. The van der Waals surface area contributed by atoms with Crippen molar-refractivity contribution >= 4 is 23.3 Å². The summed E-state index contributed by atoms with van der Waals surface area (Å²) in [7, 11) is 0. The minimum absolute atomic E-state index is 0.0139. The number of hydrogen-bond donors (Lipinski definition) is 0. The first kappa shape index (κ1) is 23.8. The Morgan fingerprint density at radius 1 is 0.676 bits per heavy atom. The average molecular weight is 494 g/mol. The lowest BCUT2D eigenvalue weighted by Gasteiger charge is -2.53. The number of nitrogens with zero attached hydrogens (tertiary/aromatic N) is 3. The third-order valence-corrected chi connectivity index (χ3v) is 8.64. The van der Waals surface area contributed by atoms with Crippen LogP contribution >= 0.6 is 0 Å². The van der Waals surface area contributed by atoms with E-state index >= 15 is 0 Å². The minimum atomic E-state index is -0.415. The molecule has 190 valence electrons. The van der Waals surface area contributed by atoms with Crippen LogP contribution in [-0.4, -0.2) is 46.9 Å². The number of piperidine rings is 1. The molecule has 3 amide bonds. The number of fused-ring (bicyclic) bond motifs is 2. The first-order valence-electron chi connectivity index (χ1n) is 13.7. The molecule has 5 nitrogen and oxygen atoms in total. The van der Waals surface area contributed by atoms with Gasteiger partial charge in [0.15, 0.2) is 0 Å². The number of amides is 3. The van der Waals surface area contributed by atoms with Crippen LogP contribution in [0.3, 0.4) is 0 Å². The summed E-state index contributed by atoms with van der Waals surface area (Å²) in [5, 5.41) is 0. The monoisotopic (exact) mass is 493 g/mol. The van der Waals surface area contributed by atoms with Crippen LogP contribution in [0.25, 0.3) is 0 Å². The Morgan fingerprint density at radius 2 is 1.16 bits per heavy atom. The van der Waals surface area contributed by atoms with Crippen molar-refractivity contribution in [3.05, 3.63) is 96.6 Å². The number of piperazine rings is 1. The Kier molecular flexibility index (Phi) is 6.45.